The van der Waals surface area contributed by atoms with Crippen molar-refractivity contribution in [2.45, 2.75) is 38.0 Å². The monoisotopic (exact) mass is 298 g/mol. The summed E-state index contributed by atoms with van der Waals surface area (Å²) >= 11 is 5.90. The summed E-state index contributed by atoms with van der Waals surface area (Å²) in [6, 6.07) is 7.35. The van der Waals surface area contributed by atoms with E-state index < -0.39 is 10.8 Å². The largest absolute Gasteiger partial charge is 0.398 e. The van der Waals surface area contributed by atoms with E-state index in [2.05, 4.69) is 6.07 Å². The summed E-state index contributed by atoms with van der Waals surface area (Å²) < 4.78 is 12.0. The highest BCUT2D eigenvalue weighted by Gasteiger charge is 2.16. The molecule has 0 spiro atoms. The molecule has 1 aromatic rings. The SMILES string of the molecule is CC(C)(C#N)CCCCS(=O)c1ccc(N)c(Cl)c1. The summed E-state index contributed by atoms with van der Waals surface area (Å²) in [5.74, 6) is 0.585. The topological polar surface area (TPSA) is 66.9 Å². The molecule has 0 aliphatic carbocycles. The highest BCUT2D eigenvalue weighted by molar-refractivity contribution is 7.85. The van der Waals surface area contributed by atoms with Crippen molar-refractivity contribution in [3.8, 4) is 6.07 Å². The van der Waals surface area contributed by atoms with E-state index in [1.165, 1.54) is 0 Å². The molecule has 0 fully saturated rings. The average molecular weight is 299 g/mol. The number of hydrogen-bond acceptors (Lipinski definition) is 3. The molecule has 0 saturated carbocycles. The highest BCUT2D eigenvalue weighted by Crippen LogP contribution is 2.24. The lowest BCUT2D eigenvalue weighted by Crippen LogP contribution is -2.08. The van der Waals surface area contributed by atoms with Crippen LogP contribution in [0.4, 0.5) is 5.69 Å². The number of nitrogen functional groups attached to an aromatic ring is 1. The van der Waals surface area contributed by atoms with Crippen LogP contribution in [0.15, 0.2) is 23.1 Å². The van der Waals surface area contributed by atoms with Gasteiger partial charge in [0.15, 0.2) is 0 Å². The first kappa shape index (κ1) is 16.0. The fourth-order valence-corrected chi connectivity index (χ4v) is 3.04. The summed E-state index contributed by atoms with van der Waals surface area (Å²) in [6.07, 6.45) is 2.55. The fourth-order valence-electron chi connectivity index (χ4n) is 1.62. The smallest absolute Gasteiger partial charge is 0.0683 e. The third kappa shape index (κ3) is 5.22. The zero-order valence-corrected chi connectivity index (χ0v) is 12.9. The van der Waals surface area contributed by atoms with Crippen LogP contribution >= 0.6 is 11.6 Å². The van der Waals surface area contributed by atoms with E-state index in [0.29, 0.717) is 21.4 Å². The average Bonchev–Trinajstić information content (AvgIpc) is 2.37. The van der Waals surface area contributed by atoms with Crippen molar-refractivity contribution in [2.24, 2.45) is 5.41 Å². The van der Waals surface area contributed by atoms with Gasteiger partial charge in [0, 0.05) is 10.6 Å². The van der Waals surface area contributed by atoms with E-state index in [1.807, 2.05) is 13.8 Å². The number of halogens is 1. The molecule has 104 valence electrons. The Kier molecular flexibility index (Phi) is 5.84. The normalized spacial score (nSPS) is 12.9. The Bertz CT molecular complexity index is 509. The maximum absolute atomic E-state index is 12.0. The third-order valence-corrected chi connectivity index (χ3v) is 4.69. The number of anilines is 1. The summed E-state index contributed by atoms with van der Waals surface area (Å²) in [6.45, 7) is 3.84. The van der Waals surface area contributed by atoms with E-state index in [4.69, 9.17) is 22.6 Å². The second-order valence-corrected chi connectivity index (χ2v) is 7.16. The Morgan fingerprint density at radius 1 is 1.42 bits per heavy atom. The van der Waals surface area contributed by atoms with E-state index >= 15 is 0 Å². The Labute approximate surface area is 122 Å². The van der Waals surface area contributed by atoms with E-state index in [9.17, 15) is 4.21 Å². The van der Waals surface area contributed by atoms with Crippen molar-refractivity contribution in [3.63, 3.8) is 0 Å². The molecule has 0 heterocycles. The maximum atomic E-state index is 12.0. The van der Waals surface area contributed by atoms with Crippen LogP contribution in [0, 0.1) is 16.7 Å². The maximum Gasteiger partial charge on any atom is 0.0683 e. The molecule has 0 radical (unpaired) electrons. The van der Waals surface area contributed by atoms with Gasteiger partial charge in [-0.15, -0.1) is 0 Å². The van der Waals surface area contributed by atoms with Crippen LogP contribution < -0.4 is 5.73 Å². The van der Waals surface area contributed by atoms with Crippen LogP contribution in [0.3, 0.4) is 0 Å². The molecule has 2 N–H and O–H groups in total. The fraction of sp³-hybridized carbons (Fsp3) is 0.500. The summed E-state index contributed by atoms with van der Waals surface area (Å²) in [4.78, 5) is 0.707. The first-order chi connectivity index (χ1) is 8.85. The lowest BCUT2D eigenvalue weighted by atomic mass is 9.89. The quantitative estimate of drug-likeness (QED) is 0.642. The summed E-state index contributed by atoms with van der Waals surface area (Å²) in [5.41, 5.74) is 5.81. The Hall–Kier alpha value is -1.05. The van der Waals surface area contributed by atoms with Gasteiger partial charge in [0.2, 0.25) is 0 Å². The van der Waals surface area contributed by atoms with Gasteiger partial charge < -0.3 is 5.73 Å². The molecule has 5 heteroatoms. The lowest BCUT2D eigenvalue weighted by Gasteiger charge is -2.14. The number of nitriles is 1. The van der Waals surface area contributed by atoms with Crippen LogP contribution in [0.1, 0.15) is 33.1 Å². The molecule has 1 rings (SSSR count). The molecule has 1 aromatic carbocycles. The minimum Gasteiger partial charge on any atom is -0.398 e. The number of hydrogen-bond donors (Lipinski definition) is 1. The van der Waals surface area contributed by atoms with Crippen molar-refractivity contribution >= 4 is 28.1 Å². The first-order valence-corrected chi connectivity index (χ1v) is 7.90. The van der Waals surface area contributed by atoms with E-state index in [0.717, 1.165) is 19.3 Å². The zero-order valence-electron chi connectivity index (χ0n) is 11.3. The van der Waals surface area contributed by atoms with Gasteiger partial charge in [-0.25, -0.2) is 0 Å². The second-order valence-electron chi connectivity index (χ2n) is 5.19. The van der Waals surface area contributed by atoms with Gasteiger partial charge in [-0.3, -0.25) is 4.21 Å². The Morgan fingerprint density at radius 3 is 2.68 bits per heavy atom. The number of nitrogens with two attached hydrogens (primary N) is 1. The number of unbranched alkanes of at least 4 members (excludes halogenated alkanes) is 1. The van der Waals surface area contributed by atoms with Gasteiger partial charge in [-0.05, 0) is 44.9 Å². The van der Waals surface area contributed by atoms with Gasteiger partial charge >= 0.3 is 0 Å². The molecule has 0 aromatic heterocycles. The van der Waals surface area contributed by atoms with Crippen molar-refractivity contribution in [3.05, 3.63) is 23.2 Å². The Morgan fingerprint density at radius 2 is 2.11 bits per heavy atom. The molecule has 19 heavy (non-hydrogen) atoms. The lowest BCUT2D eigenvalue weighted by molar-refractivity contribution is 0.432. The molecule has 0 aliphatic heterocycles. The van der Waals surface area contributed by atoms with Gasteiger partial charge in [-0.1, -0.05) is 18.0 Å². The highest BCUT2D eigenvalue weighted by atomic mass is 35.5. The van der Waals surface area contributed by atoms with Crippen molar-refractivity contribution in [1.29, 1.82) is 5.26 Å². The number of nitrogens with zero attached hydrogens (tertiary/aromatic N) is 1. The van der Waals surface area contributed by atoms with Gasteiger partial charge in [-0.2, -0.15) is 5.26 Å². The minimum atomic E-state index is -1.06. The van der Waals surface area contributed by atoms with Crippen molar-refractivity contribution in [2.75, 3.05) is 11.5 Å². The molecule has 0 bridgehead atoms. The molecular formula is C14H19ClN2OS. The van der Waals surface area contributed by atoms with Crippen LogP contribution in [0.5, 0.6) is 0 Å². The van der Waals surface area contributed by atoms with Crippen molar-refractivity contribution < 1.29 is 4.21 Å². The predicted octanol–water partition coefficient (Wildman–Crippen LogP) is 3.75. The van der Waals surface area contributed by atoms with Crippen LogP contribution in [-0.2, 0) is 10.8 Å². The van der Waals surface area contributed by atoms with Crippen molar-refractivity contribution in [1.82, 2.24) is 0 Å². The van der Waals surface area contributed by atoms with E-state index in [1.54, 1.807) is 18.2 Å². The van der Waals surface area contributed by atoms with Crippen LogP contribution in [0.25, 0.3) is 0 Å². The molecule has 0 aliphatic rings. The van der Waals surface area contributed by atoms with Gasteiger partial charge in [0.1, 0.15) is 0 Å². The second kappa shape index (κ2) is 6.93. The molecule has 0 amide bonds. The molecule has 1 unspecified atom stereocenters. The van der Waals surface area contributed by atoms with E-state index in [-0.39, 0.29) is 5.41 Å². The molecular weight excluding hydrogens is 280 g/mol. The first-order valence-electron chi connectivity index (χ1n) is 6.20. The predicted molar refractivity (Wildman–Crippen MR) is 80.4 cm³/mol. The molecule has 3 nitrogen and oxygen atoms in total. The summed E-state index contributed by atoms with van der Waals surface area (Å²) in [5, 5.41) is 9.34. The molecule has 0 saturated heterocycles. The van der Waals surface area contributed by atoms with Gasteiger partial charge in [0.05, 0.1) is 33.0 Å². The number of benzene rings is 1. The molecule has 1 atom stereocenters. The minimum absolute atomic E-state index is 0.300. The van der Waals surface area contributed by atoms with Gasteiger partial charge in [0.25, 0.3) is 0 Å². The number of rotatable bonds is 6. The zero-order chi connectivity index (χ0) is 14.5. The third-order valence-electron chi connectivity index (χ3n) is 2.92. The standard InChI is InChI=1S/C14H19ClN2OS/c1-14(2,10-16)7-3-4-8-19(18)11-5-6-13(17)12(15)9-11/h5-6,9H,3-4,7-8,17H2,1-2H3. The van der Waals surface area contributed by atoms with Crippen LogP contribution in [0.2, 0.25) is 5.02 Å². The Balaban J connectivity index is 2.44. The summed E-state index contributed by atoms with van der Waals surface area (Å²) in [7, 11) is -1.06. The van der Waals surface area contributed by atoms with Crippen LogP contribution in [-0.4, -0.2) is 9.96 Å².